The molecule has 4 atom stereocenters. The quantitative estimate of drug-likeness (QED) is 0.148. The van der Waals surface area contributed by atoms with Crippen LogP contribution < -0.4 is 5.32 Å². The van der Waals surface area contributed by atoms with E-state index >= 15 is 0 Å². The Morgan fingerprint density at radius 1 is 0.757 bits per heavy atom. The summed E-state index contributed by atoms with van der Waals surface area (Å²) in [5, 5.41) is 3.04. The molecule has 0 rings (SSSR count). The summed E-state index contributed by atoms with van der Waals surface area (Å²) in [4.78, 5) is 51.4. The van der Waals surface area contributed by atoms with Crippen LogP contribution in [-0.4, -0.2) is 42.5 Å². The maximum Gasteiger partial charge on any atom is 0.223 e. The van der Waals surface area contributed by atoms with Crippen LogP contribution in [0.2, 0.25) is 0 Å². The number of ketones is 3. The van der Waals surface area contributed by atoms with E-state index in [4.69, 9.17) is 4.74 Å². The second-order valence-corrected chi connectivity index (χ2v) is 11.6. The lowest BCUT2D eigenvalue weighted by molar-refractivity contribution is -0.133. The molecular formula is C31H57NO5. The molecule has 1 unspecified atom stereocenters. The molecule has 0 aromatic heterocycles. The van der Waals surface area contributed by atoms with Gasteiger partial charge in [0.2, 0.25) is 5.91 Å². The van der Waals surface area contributed by atoms with Gasteiger partial charge in [-0.25, -0.2) is 0 Å². The van der Waals surface area contributed by atoms with E-state index in [1.807, 2.05) is 13.8 Å². The fraction of sp³-hybridized carbons (Fsp3) is 0.871. The van der Waals surface area contributed by atoms with Crippen molar-refractivity contribution >= 4 is 23.3 Å². The minimum absolute atomic E-state index is 0.0375. The Labute approximate surface area is 227 Å². The monoisotopic (exact) mass is 523 g/mol. The fourth-order valence-corrected chi connectivity index (χ4v) is 4.87. The Morgan fingerprint density at radius 3 is 1.95 bits per heavy atom. The van der Waals surface area contributed by atoms with Gasteiger partial charge < -0.3 is 10.1 Å². The lowest BCUT2D eigenvalue weighted by atomic mass is 9.86. The van der Waals surface area contributed by atoms with Gasteiger partial charge in [0, 0.05) is 38.2 Å². The summed E-state index contributed by atoms with van der Waals surface area (Å²) in [5.74, 6) is 0.320. The second kappa shape index (κ2) is 20.4. The topological polar surface area (TPSA) is 89.5 Å². The normalized spacial score (nSPS) is 14.9. The molecule has 0 radical (unpaired) electrons. The Hall–Kier alpha value is -1.56. The molecule has 6 heteroatoms. The molecule has 1 N–H and O–H groups in total. The molecule has 0 bridgehead atoms. The molecule has 0 heterocycles. The SMILES string of the molecule is CCCCCC(=O)CC[C@H](C(=O)N[C@@H](CCCC)C(=O)CCC[C@@H](CC(C)C)C(=O)C(C)OC)C(C)C. The Kier molecular flexibility index (Phi) is 19.5. The molecule has 0 fully saturated rings. The second-order valence-electron chi connectivity index (χ2n) is 11.6. The number of hydrogen-bond acceptors (Lipinski definition) is 5. The Morgan fingerprint density at radius 2 is 1.41 bits per heavy atom. The fourth-order valence-electron chi connectivity index (χ4n) is 4.87. The van der Waals surface area contributed by atoms with Crippen molar-refractivity contribution in [2.45, 2.75) is 144 Å². The number of rotatable bonds is 23. The molecule has 0 aliphatic heterocycles. The van der Waals surface area contributed by atoms with Crippen LogP contribution in [0.4, 0.5) is 0 Å². The zero-order chi connectivity index (χ0) is 28.4. The van der Waals surface area contributed by atoms with Crippen LogP contribution in [0.25, 0.3) is 0 Å². The first kappa shape index (κ1) is 35.4. The molecule has 216 valence electrons. The standard InChI is InChI=1S/C31H57NO5/c1-9-11-13-16-26(33)19-20-27(23(5)6)31(36)32-28(17-12-10-2)29(34)18-14-15-25(21-22(3)4)30(35)24(7)37-8/h22-25,27-28H,9-21H2,1-8H3,(H,32,36)/t24?,25-,27-,28-/m0/s1. The number of nitrogens with one attached hydrogen (secondary N) is 1. The predicted molar refractivity (Wildman–Crippen MR) is 151 cm³/mol. The first-order valence-corrected chi connectivity index (χ1v) is 14.9. The van der Waals surface area contributed by atoms with Crippen LogP contribution in [0.3, 0.4) is 0 Å². The lowest BCUT2D eigenvalue weighted by Crippen LogP contribution is -2.45. The van der Waals surface area contributed by atoms with E-state index in [1.165, 1.54) is 0 Å². The van der Waals surface area contributed by atoms with Crippen molar-refractivity contribution in [2.24, 2.45) is 23.7 Å². The maximum absolute atomic E-state index is 13.2. The van der Waals surface area contributed by atoms with Gasteiger partial charge in [0.05, 0.1) is 6.04 Å². The van der Waals surface area contributed by atoms with Crippen LogP contribution in [-0.2, 0) is 23.9 Å². The van der Waals surface area contributed by atoms with Gasteiger partial charge in [-0.2, -0.15) is 0 Å². The summed E-state index contributed by atoms with van der Waals surface area (Å²) in [6, 6.07) is -0.508. The van der Waals surface area contributed by atoms with Crippen molar-refractivity contribution in [2.75, 3.05) is 7.11 Å². The highest BCUT2D eigenvalue weighted by Gasteiger charge is 2.29. The third-order valence-electron chi connectivity index (χ3n) is 7.37. The summed E-state index contributed by atoms with van der Waals surface area (Å²) in [6.45, 7) is 14.2. The highest BCUT2D eigenvalue weighted by atomic mass is 16.5. The summed E-state index contributed by atoms with van der Waals surface area (Å²) in [5.41, 5.74) is 0. The first-order valence-electron chi connectivity index (χ1n) is 14.9. The van der Waals surface area contributed by atoms with E-state index in [-0.39, 0.29) is 41.0 Å². The first-order chi connectivity index (χ1) is 17.5. The number of carbonyl (C=O) groups excluding carboxylic acids is 4. The molecule has 0 spiro atoms. The average Bonchev–Trinajstić information content (AvgIpc) is 2.84. The van der Waals surface area contributed by atoms with Gasteiger partial charge in [-0.1, -0.05) is 67.2 Å². The summed E-state index contributed by atoms with van der Waals surface area (Å²) in [7, 11) is 1.55. The molecule has 6 nitrogen and oxygen atoms in total. The van der Waals surface area contributed by atoms with Gasteiger partial charge in [-0.15, -0.1) is 0 Å². The van der Waals surface area contributed by atoms with Crippen molar-refractivity contribution in [3.8, 4) is 0 Å². The lowest BCUT2D eigenvalue weighted by Gasteiger charge is -2.25. The van der Waals surface area contributed by atoms with Crippen molar-refractivity contribution in [3.63, 3.8) is 0 Å². The van der Waals surface area contributed by atoms with E-state index < -0.39 is 12.1 Å². The van der Waals surface area contributed by atoms with Gasteiger partial charge in [-0.3, -0.25) is 19.2 Å². The molecule has 0 aliphatic rings. The number of ether oxygens (including phenoxy) is 1. The van der Waals surface area contributed by atoms with Crippen molar-refractivity contribution < 1.29 is 23.9 Å². The Bertz CT molecular complexity index is 673. The minimum atomic E-state index is -0.508. The summed E-state index contributed by atoms with van der Waals surface area (Å²) in [6.07, 6.45) is 8.96. The number of methoxy groups -OCH3 is 1. The minimum Gasteiger partial charge on any atom is -0.374 e. The van der Waals surface area contributed by atoms with E-state index in [9.17, 15) is 19.2 Å². The zero-order valence-corrected chi connectivity index (χ0v) is 25.2. The third-order valence-corrected chi connectivity index (χ3v) is 7.37. The van der Waals surface area contributed by atoms with E-state index in [1.54, 1.807) is 14.0 Å². The molecule has 37 heavy (non-hydrogen) atoms. The average molecular weight is 524 g/mol. The number of unbranched alkanes of at least 4 members (excludes halogenated alkanes) is 3. The Balaban J connectivity index is 5.10. The highest BCUT2D eigenvalue weighted by Crippen LogP contribution is 2.23. The highest BCUT2D eigenvalue weighted by molar-refractivity contribution is 5.90. The van der Waals surface area contributed by atoms with Crippen LogP contribution in [0.1, 0.15) is 132 Å². The van der Waals surface area contributed by atoms with Crippen LogP contribution in [0.15, 0.2) is 0 Å². The van der Waals surface area contributed by atoms with Gasteiger partial charge >= 0.3 is 0 Å². The third kappa shape index (κ3) is 15.4. The molecule has 1 amide bonds. The molecule has 0 aliphatic carbocycles. The van der Waals surface area contributed by atoms with E-state index in [0.29, 0.717) is 50.9 Å². The summed E-state index contributed by atoms with van der Waals surface area (Å²) >= 11 is 0. The molecule has 0 saturated heterocycles. The van der Waals surface area contributed by atoms with Gasteiger partial charge in [0.15, 0.2) is 11.6 Å². The van der Waals surface area contributed by atoms with Crippen molar-refractivity contribution in [1.82, 2.24) is 5.32 Å². The molecule has 0 aromatic rings. The zero-order valence-electron chi connectivity index (χ0n) is 25.2. The predicted octanol–water partition coefficient (Wildman–Crippen LogP) is 6.87. The number of amides is 1. The van der Waals surface area contributed by atoms with Crippen molar-refractivity contribution in [1.29, 1.82) is 0 Å². The molecule has 0 saturated carbocycles. The van der Waals surface area contributed by atoms with Gasteiger partial charge in [-0.05, 0) is 57.3 Å². The molecular weight excluding hydrogens is 466 g/mol. The van der Waals surface area contributed by atoms with Crippen LogP contribution in [0.5, 0.6) is 0 Å². The maximum atomic E-state index is 13.2. The van der Waals surface area contributed by atoms with Crippen molar-refractivity contribution in [3.05, 3.63) is 0 Å². The smallest absolute Gasteiger partial charge is 0.223 e. The number of Topliss-reactive ketones (excluding diaryl/α,β-unsaturated/α-hetero) is 3. The van der Waals surface area contributed by atoms with E-state index in [2.05, 4.69) is 33.0 Å². The summed E-state index contributed by atoms with van der Waals surface area (Å²) < 4.78 is 5.24. The molecule has 0 aromatic carbocycles. The van der Waals surface area contributed by atoms with Gasteiger partial charge in [0.1, 0.15) is 11.9 Å². The number of hydrogen-bond donors (Lipinski definition) is 1. The van der Waals surface area contributed by atoms with Crippen LogP contribution in [0, 0.1) is 23.7 Å². The van der Waals surface area contributed by atoms with Gasteiger partial charge in [0.25, 0.3) is 0 Å². The number of carbonyl (C=O) groups is 4. The van der Waals surface area contributed by atoms with Crippen LogP contribution >= 0.6 is 0 Å². The largest absolute Gasteiger partial charge is 0.374 e. The van der Waals surface area contributed by atoms with E-state index in [0.717, 1.165) is 38.5 Å².